The average Bonchev–Trinajstić information content (AvgIpc) is 3.03. The lowest BCUT2D eigenvalue weighted by atomic mass is 10.2. The molecule has 0 saturated carbocycles. The van der Waals surface area contributed by atoms with E-state index in [4.69, 9.17) is 16.0 Å². The van der Waals surface area contributed by atoms with Crippen molar-refractivity contribution in [3.8, 4) is 0 Å². The molecule has 0 aliphatic carbocycles. The van der Waals surface area contributed by atoms with Crippen LogP contribution < -0.4 is 10.2 Å². The molecule has 2 aromatic heterocycles. The molecule has 0 spiro atoms. The van der Waals surface area contributed by atoms with Crippen molar-refractivity contribution in [2.24, 2.45) is 4.99 Å². The zero-order valence-corrected chi connectivity index (χ0v) is 16.5. The smallest absolute Gasteiger partial charge is 0.315 e. The summed E-state index contributed by atoms with van der Waals surface area (Å²) in [4.78, 5) is 29.7. The van der Waals surface area contributed by atoms with Crippen LogP contribution in [0, 0.1) is 6.92 Å². The number of hydrogen-bond acceptors (Lipinski definition) is 4. The van der Waals surface area contributed by atoms with Gasteiger partial charge in [0.25, 0.3) is 0 Å². The Balaban J connectivity index is 1.91. The number of nitrogens with zero attached hydrogens (tertiary/aromatic N) is 2. The van der Waals surface area contributed by atoms with Gasteiger partial charge in [0.2, 0.25) is 0 Å². The minimum absolute atomic E-state index is 0.0962. The second-order valence-electron chi connectivity index (χ2n) is 6.19. The molecule has 0 bridgehead atoms. The third-order valence-electron chi connectivity index (χ3n) is 4.38. The highest BCUT2D eigenvalue weighted by Gasteiger charge is 2.15. The Labute approximate surface area is 168 Å². The number of allylic oxidation sites excluding steroid dienone is 1. The maximum atomic E-state index is 12.7. The van der Waals surface area contributed by atoms with Gasteiger partial charge in [-0.1, -0.05) is 41.1 Å². The first-order valence-corrected chi connectivity index (χ1v) is 9.70. The van der Waals surface area contributed by atoms with Crippen LogP contribution in [0.2, 0.25) is 5.02 Å². The lowest BCUT2D eigenvalue weighted by Crippen LogP contribution is -2.17. The summed E-state index contributed by atoms with van der Waals surface area (Å²) in [5.41, 5.74) is 1.89. The van der Waals surface area contributed by atoms with Gasteiger partial charge >= 0.3 is 5.91 Å². The zero-order valence-electron chi connectivity index (χ0n) is 14.9. The molecule has 5 nitrogen and oxygen atoms in total. The number of benzene rings is 2. The number of rotatable bonds is 3. The molecule has 7 heteroatoms. The summed E-state index contributed by atoms with van der Waals surface area (Å²) in [6.45, 7) is 6.17. The molecule has 2 aromatic carbocycles. The molecule has 140 valence electrons. The number of carbonyl (C=O) groups is 1. The van der Waals surface area contributed by atoms with Gasteiger partial charge in [0, 0.05) is 17.6 Å². The summed E-state index contributed by atoms with van der Waals surface area (Å²) >= 11 is 7.63. The van der Waals surface area contributed by atoms with Crippen LogP contribution in [0.1, 0.15) is 16.1 Å². The first-order valence-electron chi connectivity index (χ1n) is 8.51. The van der Waals surface area contributed by atoms with E-state index < -0.39 is 5.91 Å². The van der Waals surface area contributed by atoms with Crippen LogP contribution in [0.25, 0.3) is 21.2 Å². The zero-order chi connectivity index (χ0) is 19.8. The van der Waals surface area contributed by atoms with Crippen LogP contribution in [0.5, 0.6) is 0 Å². The molecule has 0 aliphatic rings. The van der Waals surface area contributed by atoms with Gasteiger partial charge < -0.3 is 8.98 Å². The fourth-order valence-electron chi connectivity index (χ4n) is 3.05. The number of fused-ring (bicyclic) bond motifs is 2. The molecule has 0 N–H and O–H groups in total. The molecule has 1 amide bonds. The molecule has 4 rings (SSSR count). The number of aromatic nitrogens is 1. The number of hydrogen-bond donors (Lipinski definition) is 0. The molecule has 0 aliphatic heterocycles. The Morgan fingerprint density at radius 2 is 2.11 bits per heavy atom. The summed E-state index contributed by atoms with van der Waals surface area (Å²) in [5.74, 6) is -0.711. The third-order valence-corrected chi connectivity index (χ3v) is 5.84. The molecule has 0 atom stereocenters. The minimum atomic E-state index is -0.615. The first kappa shape index (κ1) is 18.4. The highest BCUT2D eigenvalue weighted by Crippen LogP contribution is 2.27. The molecular formula is C21H15ClN2O3S. The number of carbonyl (C=O) groups excluding carboxylic acids is 1. The maximum Gasteiger partial charge on any atom is 0.315 e. The van der Waals surface area contributed by atoms with Crippen LogP contribution >= 0.6 is 22.9 Å². The Bertz CT molecular complexity index is 1380. The minimum Gasteiger partial charge on any atom is -0.451 e. The number of halogens is 1. The van der Waals surface area contributed by atoms with Gasteiger partial charge in [-0.2, -0.15) is 4.99 Å². The van der Waals surface area contributed by atoms with Gasteiger partial charge in [-0.25, -0.2) is 0 Å². The standard InChI is InChI=1S/C21H15ClN2O3S/c1-3-10-24-19-12(2)14(22)8-9-18(19)28-21(24)23-20(26)17-11-15(25)13-6-4-5-7-16(13)27-17/h3-9,11H,1,10H2,2H3. The van der Waals surface area contributed by atoms with Gasteiger partial charge in [-0.05, 0) is 36.8 Å². The number of para-hydroxylation sites is 1. The van der Waals surface area contributed by atoms with E-state index in [0.717, 1.165) is 15.8 Å². The number of thiazole rings is 1. The predicted molar refractivity (Wildman–Crippen MR) is 112 cm³/mol. The van der Waals surface area contributed by atoms with Crippen molar-refractivity contribution in [3.63, 3.8) is 0 Å². The van der Waals surface area contributed by atoms with Gasteiger partial charge in [0.05, 0.1) is 15.6 Å². The maximum absolute atomic E-state index is 12.7. The van der Waals surface area contributed by atoms with Crippen LogP contribution in [0.15, 0.2) is 69.3 Å². The topological polar surface area (TPSA) is 64.6 Å². The van der Waals surface area contributed by atoms with Crippen LogP contribution in [-0.4, -0.2) is 10.5 Å². The van der Waals surface area contributed by atoms with Crippen molar-refractivity contribution in [2.75, 3.05) is 0 Å². The van der Waals surface area contributed by atoms with Crippen molar-refractivity contribution >= 4 is 50.0 Å². The van der Waals surface area contributed by atoms with Gasteiger partial charge in [-0.3, -0.25) is 9.59 Å². The van der Waals surface area contributed by atoms with E-state index in [-0.39, 0.29) is 11.2 Å². The summed E-state index contributed by atoms with van der Waals surface area (Å²) in [6, 6.07) is 11.7. The summed E-state index contributed by atoms with van der Waals surface area (Å²) in [6.07, 6.45) is 1.73. The lowest BCUT2D eigenvalue weighted by Gasteiger charge is -2.05. The predicted octanol–water partition coefficient (Wildman–Crippen LogP) is 4.70. The Morgan fingerprint density at radius 1 is 1.32 bits per heavy atom. The fourth-order valence-corrected chi connectivity index (χ4v) is 4.30. The molecule has 2 heterocycles. The van der Waals surface area contributed by atoms with Crippen molar-refractivity contribution < 1.29 is 9.21 Å². The van der Waals surface area contributed by atoms with E-state index in [1.165, 1.54) is 17.4 Å². The highest BCUT2D eigenvalue weighted by atomic mass is 35.5. The largest absolute Gasteiger partial charge is 0.451 e. The van der Waals surface area contributed by atoms with Crippen molar-refractivity contribution in [3.05, 3.63) is 86.5 Å². The third kappa shape index (κ3) is 3.10. The fraction of sp³-hybridized carbons (Fsp3) is 0.0952. The highest BCUT2D eigenvalue weighted by molar-refractivity contribution is 7.16. The quantitative estimate of drug-likeness (QED) is 0.460. The SMILES string of the molecule is C=CCn1c(=NC(=O)c2cc(=O)c3ccccc3o2)sc2ccc(Cl)c(C)c21. The molecule has 0 radical (unpaired) electrons. The second-order valence-corrected chi connectivity index (χ2v) is 7.61. The second kappa shape index (κ2) is 7.22. The summed E-state index contributed by atoms with van der Waals surface area (Å²) in [7, 11) is 0. The van der Waals surface area contributed by atoms with Crippen LogP contribution in [-0.2, 0) is 6.54 Å². The number of amides is 1. The van der Waals surface area contributed by atoms with Crippen LogP contribution in [0.4, 0.5) is 0 Å². The van der Waals surface area contributed by atoms with E-state index in [1.54, 1.807) is 30.3 Å². The van der Waals surface area contributed by atoms with E-state index >= 15 is 0 Å². The molecule has 4 aromatic rings. The number of aryl methyl sites for hydroxylation is 1. The molecule has 0 unspecified atom stereocenters. The van der Waals surface area contributed by atoms with Crippen molar-refractivity contribution in [1.82, 2.24) is 4.57 Å². The molecule has 28 heavy (non-hydrogen) atoms. The van der Waals surface area contributed by atoms with Gasteiger partial charge in [-0.15, -0.1) is 6.58 Å². The van der Waals surface area contributed by atoms with E-state index in [0.29, 0.717) is 27.3 Å². The Kier molecular flexibility index (Phi) is 4.75. The normalized spacial score (nSPS) is 12.0. The molecule has 0 fully saturated rings. The first-order chi connectivity index (χ1) is 13.5. The Hall–Kier alpha value is -2.96. The van der Waals surface area contributed by atoms with E-state index in [1.807, 2.05) is 23.6 Å². The molecular weight excluding hydrogens is 396 g/mol. The van der Waals surface area contributed by atoms with Crippen molar-refractivity contribution in [2.45, 2.75) is 13.5 Å². The molecule has 0 saturated heterocycles. The summed E-state index contributed by atoms with van der Waals surface area (Å²) < 4.78 is 8.44. The average molecular weight is 411 g/mol. The monoisotopic (exact) mass is 410 g/mol. The van der Waals surface area contributed by atoms with Crippen molar-refractivity contribution in [1.29, 1.82) is 0 Å². The van der Waals surface area contributed by atoms with Gasteiger partial charge in [0.1, 0.15) is 5.58 Å². The van der Waals surface area contributed by atoms with E-state index in [9.17, 15) is 9.59 Å². The van der Waals surface area contributed by atoms with Crippen LogP contribution in [0.3, 0.4) is 0 Å². The lowest BCUT2D eigenvalue weighted by molar-refractivity contribution is 0.0972. The Morgan fingerprint density at radius 3 is 2.89 bits per heavy atom. The van der Waals surface area contributed by atoms with Gasteiger partial charge in [0.15, 0.2) is 16.0 Å². The summed E-state index contributed by atoms with van der Waals surface area (Å²) in [5, 5.41) is 1.06. The van der Waals surface area contributed by atoms with E-state index in [2.05, 4.69) is 11.6 Å².